The molecule has 109 heavy (non-hydrogen) atoms. The number of carboxylic acid groups (broad SMARTS) is 1. The first-order valence-corrected chi connectivity index (χ1v) is 40.9. The standard InChI is InChI=1S/C70H129N21O15S3/c1-37(2)32-48(86-63(100)49(33-38(3)4)85-58(95)45(24-30-108-11)80-56(93)42(72)22-23-54(73)92)61(98)81-44(19-15-27-78-69(74)75)57(94)89-52(36-107)64(101)82-43(18-13-14-26-71)60(97)90-55(41(9)10)66(103)84-47(20-16-28-79-70(76)77)67(104)91-29-17-21-53(91)65(102)87-50(34-39(5)6)62(99)83-46(25-31-109-12)59(96)88-51(68(105)106)35-40(7)8/h37-53,55,107H,13-36,71-72H2,1-12H3,(H2,73,92)(H,80,93)(H,81,98)(H,82,101)(H,83,99)(H,84,103)(H,85,95)(H,86,100)(H,87,102)(H,88,96)(H,89,94)(H,90,97)(H,105,106)(H4,74,75,78)(H4,76,77,79)/t42-,43-,44-,45-,46-,47-,48-,49-,50-,51-,52-,53-,55-/m0/s1. The van der Waals surface area contributed by atoms with Crippen molar-refractivity contribution in [3.05, 3.63) is 0 Å². The molecule has 1 rings (SSSR count). The molecule has 0 spiro atoms. The lowest BCUT2D eigenvalue weighted by Gasteiger charge is -2.32. The molecule has 1 aliphatic heterocycles. The number of aliphatic imine (C=N–C) groups is 2. The topological polar surface area (TPSA) is 602 Å². The number of primary amides is 1. The molecule has 36 nitrogen and oxygen atoms in total. The molecule has 622 valence electrons. The number of unbranched alkanes of at least 4 members (excludes halogenated alkanes) is 1. The second kappa shape index (κ2) is 53.1. The maximum absolute atomic E-state index is 14.9. The molecule has 13 atom stereocenters. The summed E-state index contributed by atoms with van der Waals surface area (Å²) in [6.07, 6.45) is 5.37. The van der Waals surface area contributed by atoms with Gasteiger partial charge in [0.25, 0.3) is 0 Å². The predicted molar refractivity (Wildman–Crippen MR) is 425 cm³/mol. The lowest BCUT2D eigenvalue weighted by atomic mass is 9.99. The van der Waals surface area contributed by atoms with Crippen LogP contribution in [0, 0.1) is 29.6 Å². The van der Waals surface area contributed by atoms with E-state index < -0.39 is 167 Å². The Bertz CT molecular complexity index is 3020. The van der Waals surface area contributed by atoms with Gasteiger partial charge in [0.1, 0.15) is 72.5 Å². The third-order valence-electron chi connectivity index (χ3n) is 17.5. The largest absolute Gasteiger partial charge is 0.480 e. The molecular formula is C70H129N21O15S3. The molecule has 26 N–H and O–H groups in total. The summed E-state index contributed by atoms with van der Waals surface area (Å²) in [4.78, 5) is 204. The predicted octanol–water partition coefficient (Wildman–Crippen LogP) is -2.50. The molecule has 39 heteroatoms. The van der Waals surface area contributed by atoms with E-state index in [4.69, 9.17) is 40.1 Å². The highest BCUT2D eigenvalue weighted by Gasteiger charge is 2.42. The van der Waals surface area contributed by atoms with Gasteiger partial charge >= 0.3 is 5.97 Å². The van der Waals surface area contributed by atoms with Gasteiger partial charge in [-0.15, -0.1) is 0 Å². The number of guanidine groups is 2. The van der Waals surface area contributed by atoms with Crippen molar-refractivity contribution in [2.45, 2.75) is 257 Å². The molecule has 1 fully saturated rings. The van der Waals surface area contributed by atoms with Gasteiger partial charge in [0, 0.05) is 31.8 Å². The highest BCUT2D eigenvalue weighted by Crippen LogP contribution is 2.22. The van der Waals surface area contributed by atoms with Crippen molar-refractivity contribution >= 4 is 131 Å². The van der Waals surface area contributed by atoms with Crippen molar-refractivity contribution in [2.75, 3.05) is 55.9 Å². The van der Waals surface area contributed by atoms with E-state index in [9.17, 15) is 72.2 Å². The fraction of sp³-hybridized carbons (Fsp3) is 0.771. The van der Waals surface area contributed by atoms with E-state index in [1.165, 1.54) is 28.4 Å². The van der Waals surface area contributed by atoms with Crippen LogP contribution in [0.4, 0.5) is 0 Å². The second-order valence-electron chi connectivity index (χ2n) is 29.4. The van der Waals surface area contributed by atoms with E-state index in [0.717, 1.165) is 0 Å². The minimum Gasteiger partial charge on any atom is -0.480 e. The van der Waals surface area contributed by atoms with Crippen LogP contribution in [0.5, 0.6) is 0 Å². The van der Waals surface area contributed by atoms with E-state index in [2.05, 4.69) is 81.1 Å². The zero-order chi connectivity index (χ0) is 82.8. The summed E-state index contributed by atoms with van der Waals surface area (Å²) in [5.74, 6) is -12.3. The van der Waals surface area contributed by atoms with Crippen LogP contribution in [0.25, 0.3) is 0 Å². The first-order valence-electron chi connectivity index (χ1n) is 37.5. The molecule has 0 unspecified atom stereocenters. The van der Waals surface area contributed by atoms with Crippen molar-refractivity contribution < 1.29 is 72.2 Å². The number of hydrogen-bond acceptors (Lipinski definition) is 21. The van der Waals surface area contributed by atoms with Gasteiger partial charge in [-0.1, -0.05) is 69.2 Å². The Morgan fingerprint density at radius 2 is 0.807 bits per heavy atom. The maximum Gasteiger partial charge on any atom is 0.326 e. The number of rotatable bonds is 55. The Morgan fingerprint density at radius 1 is 0.450 bits per heavy atom. The molecular weight excluding hydrogens is 1470 g/mol. The Morgan fingerprint density at radius 3 is 1.21 bits per heavy atom. The highest BCUT2D eigenvalue weighted by molar-refractivity contribution is 7.98. The van der Waals surface area contributed by atoms with Gasteiger partial charge in [0.15, 0.2) is 11.9 Å². The maximum atomic E-state index is 14.9. The lowest BCUT2D eigenvalue weighted by Crippen LogP contribution is -2.61. The van der Waals surface area contributed by atoms with E-state index in [1.807, 2.05) is 47.8 Å². The van der Waals surface area contributed by atoms with E-state index in [0.29, 0.717) is 30.8 Å². The Kier molecular flexibility index (Phi) is 48.2. The van der Waals surface area contributed by atoms with Gasteiger partial charge in [0.2, 0.25) is 76.8 Å². The summed E-state index contributed by atoms with van der Waals surface area (Å²) in [7, 11) is 0. The molecule has 0 radical (unpaired) electrons. The van der Waals surface area contributed by atoms with Crippen molar-refractivity contribution in [3.63, 3.8) is 0 Å². The van der Waals surface area contributed by atoms with Gasteiger partial charge < -0.3 is 109 Å². The average Bonchev–Trinajstić information content (AvgIpc) is 1.72. The van der Waals surface area contributed by atoms with Crippen molar-refractivity contribution in [1.82, 2.24) is 63.4 Å². The number of nitrogens with one attached hydrogen (secondary N) is 11. The smallest absolute Gasteiger partial charge is 0.326 e. The zero-order valence-electron chi connectivity index (χ0n) is 65.7. The second-order valence-corrected chi connectivity index (χ2v) is 31.8. The summed E-state index contributed by atoms with van der Waals surface area (Å²) in [6.45, 7) is 18.1. The number of carbonyl (C=O) groups excluding carboxylic acids is 13. The van der Waals surface area contributed by atoms with Crippen LogP contribution in [-0.4, -0.2) is 239 Å². The number of hydrogen-bond donors (Lipinski definition) is 20. The number of carboxylic acids is 1. The lowest BCUT2D eigenvalue weighted by molar-refractivity contribution is -0.143. The molecule has 0 bridgehead atoms. The highest BCUT2D eigenvalue weighted by atomic mass is 32.2. The van der Waals surface area contributed by atoms with Gasteiger partial charge in [-0.3, -0.25) is 72.3 Å². The summed E-state index contributed by atoms with van der Waals surface area (Å²) in [5, 5.41) is 39.6. The number of likely N-dealkylation sites (tertiary alicyclic amines) is 1. The van der Waals surface area contributed by atoms with Crippen LogP contribution in [0.2, 0.25) is 0 Å². The monoisotopic (exact) mass is 1600 g/mol. The molecule has 0 saturated carbocycles. The van der Waals surface area contributed by atoms with Crippen LogP contribution < -0.4 is 98.6 Å². The molecule has 0 aromatic carbocycles. The summed E-state index contributed by atoms with van der Waals surface area (Å²) >= 11 is 7.21. The number of aliphatic carboxylic acids is 1. The van der Waals surface area contributed by atoms with Crippen LogP contribution in [0.3, 0.4) is 0 Å². The van der Waals surface area contributed by atoms with Gasteiger partial charge in [-0.05, 0) is 163 Å². The Hall–Kier alpha value is -7.91. The number of carbonyl (C=O) groups is 14. The summed E-state index contributed by atoms with van der Waals surface area (Å²) in [6, 6.07) is -16.5. The Labute approximate surface area is 655 Å². The Balaban J connectivity index is 3.67. The van der Waals surface area contributed by atoms with Gasteiger partial charge in [-0.2, -0.15) is 36.2 Å². The summed E-state index contributed by atoms with van der Waals surface area (Å²) < 4.78 is 0. The zero-order valence-corrected chi connectivity index (χ0v) is 68.2. The first kappa shape index (κ1) is 99.1. The molecule has 1 heterocycles. The van der Waals surface area contributed by atoms with Crippen molar-refractivity contribution in [1.29, 1.82) is 0 Å². The van der Waals surface area contributed by atoms with E-state index in [-0.39, 0.29) is 157 Å². The normalized spacial score (nSPS) is 16.1. The first-order chi connectivity index (χ1) is 51.2. The van der Waals surface area contributed by atoms with Crippen molar-refractivity contribution in [2.24, 2.45) is 79.7 Å². The summed E-state index contributed by atoms with van der Waals surface area (Å²) in [5.41, 5.74) is 39.6. The number of thiol groups is 1. The number of nitrogens with zero attached hydrogens (tertiary/aromatic N) is 3. The van der Waals surface area contributed by atoms with Crippen LogP contribution >= 0.6 is 36.2 Å². The molecule has 1 saturated heterocycles. The van der Waals surface area contributed by atoms with Crippen LogP contribution in [-0.2, 0) is 67.1 Å². The fourth-order valence-electron chi connectivity index (χ4n) is 11.7. The average molecular weight is 1600 g/mol. The molecule has 13 amide bonds. The third-order valence-corrected chi connectivity index (χ3v) is 19.1. The van der Waals surface area contributed by atoms with Gasteiger partial charge in [0.05, 0.1) is 6.04 Å². The number of amides is 13. The quantitative estimate of drug-likeness (QED) is 0.0130. The van der Waals surface area contributed by atoms with E-state index >= 15 is 0 Å². The fourth-order valence-corrected chi connectivity index (χ4v) is 12.9. The minimum atomic E-state index is -1.47. The van der Waals surface area contributed by atoms with Crippen molar-refractivity contribution in [3.8, 4) is 0 Å². The molecule has 0 aromatic rings. The van der Waals surface area contributed by atoms with E-state index in [1.54, 1.807) is 34.0 Å². The van der Waals surface area contributed by atoms with Gasteiger partial charge in [-0.25, -0.2) is 4.79 Å². The SMILES string of the molecule is CSCC[C@H](NC(=O)[C@H](CC(C)C)NC(=O)[C@@H]1CCCN1C(=O)[C@H](CCCN=C(N)N)NC(=O)[C@@H](NC(=O)[C@H](CCCCN)NC(=O)[C@H](CS)NC(=O)[C@H](CCCN=C(N)N)NC(=O)[C@H](CC(C)C)NC(=O)[C@H](CC(C)C)NC(=O)[C@H](CCSC)NC(=O)[C@@H](N)CCC(N)=O)C(C)C)C(=O)N[C@@H](CC(C)C)C(=O)O. The minimum absolute atomic E-state index is 0.00913. The molecule has 0 aromatic heterocycles. The van der Waals surface area contributed by atoms with Crippen LogP contribution in [0.15, 0.2) is 9.98 Å². The number of thioether (sulfide) groups is 2. The molecule has 0 aliphatic carbocycles. The number of nitrogens with two attached hydrogens (primary N) is 7. The van der Waals surface area contributed by atoms with Crippen LogP contribution in [0.1, 0.15) is 178 Å². The third kappa shape index (κ3) is 39.5. The molecule has 1 aliphatic rings.